The number of aryl methyl sites for hydroxylation is 1. The fourth-order valence-electron chi connectivity index (χ4n) is 1.97. The molecular weight excluding hydrogens is 320 g/mol. The van der Waals surface area contributed by atoms with Crippen molar-refractivity contribution in [1.29, 1.82) is 0 Å². The summed E-state index contributed by atoms with van der Waals surface area (Å²) in [6.45, 7) is 4.00. The Morgan fingerprint density at radius 2 is 2.00 bits per heavy atom. The molecule has 5 heteroatoms. The summed E-state index contributed by atoms with van der Waals surface area (Å²) in [7, 11) is 0. The lowest BCUT2D eigenvalue weighted by molar-refractivity contribution is -0.384. The van der Waals surface area contributed by atoms with E-state index in [2.05, 4.69) is 21.2 Å². The van der Waals surface area contributed by atoms with E-state index in [1.54, 1.807) is 12.1 Å². The zero-order valence-corrected chi connectivity index (χ0v) is 12.8. The third kappa shape index (κ3) is 3.36. The van der Waals surface area contributed by atoms with Crippen LogP contribution in [-0.2, 0) is 0 Å². The van der Waals surface area contributed by atoms with E-state index in [-0.39, 0.29) is 16.7 Å². The molecule has 0 amide bonds. The van der Waals surface area contributed by atoms with Gasteiger partial charge in [-0.1, -0.05) is 18.2 Å². The van der Waals surface area contributed by atoms with E-state index in [9.17, 15) is 10.1 Å². The van der Waals surface area contributed by atoms with Crippen molar-refractivity contribution in [1.82, 2.24) is 0 Å². The molecule has 0 spiro atoms. The fraction of sp³-hybridized carbons (Fsp3) is 0.200. The number of anilines is 1. The van der Waals surface area contributed by atoms with Crippen molar-refractivity contribution >= 4 is 27.3 Å². The first kappa shape index (κ1) is 14.5. The highest BCUT2D eigenvalue weighted by Gasteiger charge is 2.12. The van der Waals surface area contributed by atoms with Gasteiger partial charge in [-0.15, -0.1) is 0 Å². The predicted molar refractivity (Wildman–Crippen MR) is 84.0 cm³/mol. The number of nitrogens with zero attached hydrogens (tertiary/aromatic N) is 1. The average molecular weight is 335 g/mol. The lowest BCUT2D eigenvalue weighted by atomic mass is 10.1. The van der Waals surface area contributed by atoms with Crippen LogP contribution in [0.1, 0.15) is 24.1 Å². The molecule has 1 unspecified atom stereocenters. The molecule has 0 fully saturated rings. The molecule has 0 saturated heterocycles. The smallest absolute Gasteiger partial charge is 0.269 e. The second kappa shape index (κ2) is 6.05. The SMILES string of the molecule is Cc1ccc(Br)c(NC(C)c2cccc([N+](=O)[O-])c2)c1. The number of nitrogens with one attached hydrogen (secondary N) is 1. The molecule has 0 heterocycles. The van der Waals surface area contributed by atoms with Crippen LogP contribution in [0, 0.1) is 17.0 Å². The summed E-state index contributed by atoms with van der Waals surface area (Å²) in [4.78, 5) is 10.4. The molecular formula is C15H15BrN2O2. The second-order valence-electron chi connectivity index (χ2n) is 4.70. The van der Waals surface area contributed by atoms with Gasteiger partial charge in [0.05, 0.1) is 4.92 Å². The molecule has 0 aromatic heterocycles. The first-order valence-corrected chi connectivity index (χ1v) is 7.03. The van der Waals surface area contributed by atoms with Crippen molar-refractivity contribution < 1.29 is 4.92 Å². The van der Waals surface area contributed by atoms with Gasteiger partial charge < -0.3 is 5.32 Å². The van der Waals surface area contributed by atoms with E-state index < -0.39 is 0 Å². The quantitative estimate of drug-likeness (QED) is 0.642. The van der Waals surface area contributed by atoms with Crippen LogP contribution in [-0.4, -0.2) is 4.92 Å². The Balaban J connectivity index is 2.23. The second-order valence-corrected chi connectivity index (χ2v) is 5.56. The van der Waals surface area contributed by atoms with Gasteiger partial charge in [0.1, 0.15) is 0 Å². The Kier molecular flexibility index (Phi) is 4.39. The monoisotopic (exact) mass is 334 g/mol. The summed E-state index contributed by atoms with van der Waals surface area (Å²) >= 11 is 3.50. The molecule has 0 aliphatic carbocycles. The van der Waals surface area contributed by atoms with Gasteiger partial charge >= 0.3 is 0 Å². The van der Waals surface area contributed by atoms with E-state index in [4.69, 9.17) is 0 Å². The third-order valence-corrected chi connectivity index (χ3v) is 3.77. The number of benzene rings is 2. The number of halogens is 1. The van der Waals surface area contributed by atoms with Crippen molar-refractivity contribution in [3.05, 3.63) is 68.2 Å². The molecule has 0 saturated carbocycles. The van der Waals surface area contributed by atoms with E-state index in [1.165, 1.54) is 6.07 Å². The fourth-order valence-corrected chi connectivity index (χ4v) is 2.34. The predicted octanol–water partition coefficient (Wildman–Crippen LogP) is 4.84. The Labute approximate surface area is 126 Å². The normalized spacial score (nSPS) is 11.9. The molecule has 0 aliphatic rings. The minimum atomic E-state index is -0.376. The van der Waals surface area contributed by atoms with E-state index in [1.807, 2.05) is 38.1 Å². The highest BCUT2D eigenvalue weighted by atomic mass is 79.9. The standard InChI is InChI=1S/C15H15BrN2O2/c1-10-6-7-14(16)15(8-10)17-11(2)12-4-3-5-13(9-12)18(19)20/h3-9,11,17H,1-2H3. The molecule has 1 atom stereocenters. The Bertz CT molecular complexity index is 644. The molecule has 2 aromatic carbocycles. The summed E-state index contributed by atoms with van der Waals surface area (Å²) < 4.78 is 0.973. The van der Waals surface area contributed by atoms with Crippen LogP contribution in [0.5, 0.6) is 0 Å². The van der Waals surface area contributed by atoms with Gasteiger partial charge in [-0.3, -0.25) is 10.1 Å². The maximum atomic E-state index is 10.8. The number of nitro groups is 1. The number of non-ortho nitro benzene ring substituents is 1. The largest absolute Gasteiger partial charge is 0.378 e. The van der Waals surface area contributed by atoms with Crippen molar-refractivity contribution in [2.24, 2.45) is 0 Å². The van der Waals surface area contributed by atoms with Crippen LogP contribution in [0.15, 0.2) is 46.9 Å². The van der Waals surface area contributed by atoms with E-state index in [0.717, 1.165) is 21.3 Å². The highest BCUT2D eigenvalue weighted by molar-refractivity contribution is 9.10. The van der Waals surface area contributed by atoms with Crippen LogP contribution in [0.25, 0.3) is 0 Å². The van der Waals surface area contributed by atoms with Gasteiger partial charge in [0, 0.05) is 28.3 Å². The summed E-state index contributed by atoms with van der Waals surface area (Å²) in [5.41, 5.74) is 3.12. The molecule has 0 aliphatic heterocycles. The first-order chi connectivity index (χ1) is 9.47. The lowest BCUT2D eigenvalue weighted by Crippen LogP contribution is -2.07. The van der Waals surface area contributed by atoms with E-state index >= 15 is 0 Å². The van der Waals surface area contributed by atoms with Gasteiger partial charge in [0.25, 0.3) is 5.69 Å². The summed E-state index contributed by atoms with van der Waals surface area (Å²) in [5.74, 6) is 0. The number of hydrogen-bond acceptors (Lipinski definition) is 3. The zero-order valence-electron chi connectivity index (χ0n) is 11.3. The van der Waals surface area contributed by atoms with Crippen molar-refractivity contribution in [2.75, 3.05) is 5.32 Å². The van der Waals surface area contributed by atoms with Gasteiger partial charge in [0.2, 0.25) is 0 Å². The summed E-state index contributed by atoms with van der Waals surface area (Å²) in [6.07, 6.45) is 0. The van der Waals surface area contributed by atoms with Crippen molar-refractivity contribution in [3.8, 4) is 0 Å². The molecule has 4 nitrogen and oxygen atoms in total. The molecule has 0 bridgehead atoms. The number of hydrogen-bond donors (Lipinski definition) is 1. The molecule has 104 valence electrons. The maximum Gasteiger partial charge on any atom is 0.269 e. The van der Waals surface area contributed by atoms with E-state index in [0.29, 0.717) is 0 Å². The van der Waals surface area contributed by atoms with Gasteiger partial charge in [0.15, 0.2) is 0 Å². The van der Waals surface area contributed by atoms with Gasteiger partial charge in [-0.25, -0.2) is 0 Å². The van der Waals surface area contributed by atoms with Crippen LogP contribution in [0.4, 0.5) is 11.4 Å². The van der Waals surface area contributed by atoms with Crippen LogP contribution in [0.2, 0.25) is 0 Å². The number of nitro benzene ring substituents is 1. The maximum absolute atomic E-state index is 10.8. The zero-order chi connectivity index (χ0) is 14.7. The molecule has 2 aromatic rings. The van der Waals surface area contributed by atoms with Gasteiger partial charge in [-0.05, 0) is 53.0 Å². The van der Waals surface area contributed by atoms with Crippen molar-refractivity contribution in [3.63, 3.8) is 0 Å². The van der Waals surface area contributed by atoms with Crippen molar-refractivity contribution in [2.45, 2.75) is 19.9 Å². The number of rotatable bonds is 4. The third-order valence-electron chi connectivity index (χ3n) is 3.07. The van der Waals surface area contributed by atoms with Crippen LogP contribution >= 0.6 is 15.9 Å². The van der Waals surface area contributed by atoms with Gasteiger partial charge in [-0.2, -0.15) is 0 Å². The highest BCUT2D eigenvalue weighted by Crippen LogP contribution is 2.28. The minimum absolute atomic E-state index is 0.0204. The topological polar surface area (TPSA) is 55.2 Å². The summed E-state index contributed by atoms with van der Waals surface area (Å²) in [5, 5.41) is 14.2. The molecule has 1 N–H and O–H groups in total. The first-order valence-electron chi connectivity index (χ1n) is 6.24. The Hall–Kier alpha value is -1.88. The minimum Gasteiger partial charge on any atom is -0.378 e. The molecule has 20 heavy (non-hydrogen) atoms. The Morgan fingerprint density at radius 1 is 1.25 bits per heavy atom. The Morgan fingerprint density at radius 3 is 2.70 bits per heavy atom. The summed E-state index contributed by atoms with van der Waals surface area (Å²) in [6, 6.07) is 12.7. The van der Waals surface area contributed by atoms with Crippen LogP contribution in [0.3, 0.4) is 0 Å². The lowest BCUT2D eigenvalue weighted by Gasteiger charge is -2.17. The van der Waals surface area contributed by atoms with Crippen LogP contribution < -0.4 is 5.32 Å². The average Bonchev–Trinajstić information content (AvgIpc) is 2.43. The molecule has 0 radical (unpaired) electrons. The molecule has 2 rings (SSSR count).